The fourth-order valence-corrected chi connectivity index (χ4v) is 3.95. The molecule has 0 aliphatic rings. The third kappa shape index (κ3) is 5.74. The zero-order valence-corrected chi connectivity index (χ0v) is 16.6. The lowest BCUT2D eigenvalue weighted by atomic mass is 9.94. The van der Waals surface area contributed by atoms with E-state index in [9.17, 15) is 46.1 Å². The number of alkyl halides is 6. The maximum absolute atomic E-state index is 12.4. The fourth-order valence-electron chi connectivity index (χ4n) is 2.93. The van der Waals surface area contributed by atoms with E-state index in [1.165, 1.54) is 0 Å². The Hall–Kier alpha value is -3.74. The lowest BCUT2D eigenvalue weighted by Gasteiger charge is -2.12. The van der Waals surface area contributed by atoms with Crippen molar-refractivity contribution in [1.29, 1.82) is 0 Å². The zero-order chi connectivity index (χ0) is 24.6. The zero-order valence-electron chi connectivity index (χ0n) is 15.8. The molecule has 1 heterocycles. The van der Waals surface area contributed by atoms with Crippen molar-refractivity contribution >= 4 is 23.3 Å². The van der Waals surface area contributed by atoms with Crippen LogP contribution in [0.5, 0.6) is 11.5 Å². The van der Waals surface area contributed by atoms with Crippen molar-refractivity contribution in [3.63, 3.8) is 0 Å². The molecule has 2 N–H and O–H groups in total. The summed E-state index contributed by atoms with van der Waals surface area (Å²) in [6.07, 6.45) is -9.92. The number of halogens is 6. The summed E-state index contributed by atoms with van der Waals surface area (Å²) in [4.78, 5) is 22.7. The number of hydrogen-bond donors (Lipinski definition) is 2. The monoisotopic (exact) mass is 492 g/mol. The molecular weight excluding hydrogens is 482 g/mol. The number of carboxylic acids is 2. The average Bonchev–Trinajstić information content (AvgIpc) is 3.08. The normalized spacial score (nSPS) is 11.8. The molecule has 0 bridgehead atoms. The molecule has 1 aromatic heterocycles. The van der Waals surface area contributed by atoms with Crippen LogP contribution in [0.3, 0.4) is 0 Å². The molecular formula is C20H10F6O6S. The van der Waals surface area contributed by atoms with E-state index in [1.54, 1.807) is 0 Å². The molecule has 0 fully saturated rings. The molecule has 0 aliphatic carbocycles. The molecule has 13 heteroatoms. The molecule has 6 nitrogen and oxygen atoms in total. The van der Waals surface area contributed by atoms with Gasteiger partial charge in [0, 0.05) is 11.1 Å². The highest BCUT2D eigenvalue weighted by Crippen LogP contribution is 2.44. The van der Waals surface area contributed by atoms with E-state index < -0.39 is 45.9 Å². The summed E-state index contributed by atoms with van der Waals surface area (Å²) < 4.78 is 82.0. The fraction of sp³-hybridized carbons (Fsp3) is 0.100. The summed E-state index contributed by atoms with van der Waals surface area (Å²) in [6.45, 7) is 0. The summed E-state index contributed by atoms with van der Waals surface area (Å²) in [6, 6.07) is 8.07. The van der Waals surface area contributed by atoms with Crippen molar-refractivity contribution in [2.24, 2.45) is 0 Å². The molecule has 3 aromatic rings. The van der Waals surface area contributed by atoms with Gasteiger partial charge >= 0.3 is 24.7 Å². The van der Waals surface area contributed by atoms with Gasteiger partial charge in [-0.2, -0.15) is 0 Å². The Bertz CT molecular complexity index is 1090. The third-order valence-electron chi connectivity index (χ3n) is 4.05. The molecule has 0 radical (unpaired) electrons. The number of benzene rings is 2. The summed E-state index contributed by atoms with van der Waals surface area (Å²) in [5.41, 5.74) is -0.159. The standard InChI is InChI=1S/C20H10F6O6S/c21-19(22,23)31-11-5-1-9(2-6-11)13-14(16(18(29)30)33-15(13)17(27)28)10-3-7-12(8-4-10)32-20(24,25)26/h1-8H,(H,27,28)(H,29,30). The molecule has 0 saturated carbocycles. The molecule has 0 aliphatic heterocycles. The van der Waals surface area contributed by atoms with Crippen molar-refractivity contribution in [3.8, 4) is 33.8 Å². The topological polar surface area (TPSA) is 93.1 Å². The first kappa shape index (κ1) is 23.9. The Morgan fingerprint density at radius 1 is 0.636 bits per heavy atom. The Morgan fingerprint density at radius 3 is 1.18 bits per heavy atom. The Morgan fingerprint density at radius 2 is 0.939 bits per heavy atom. The SMILES string of the molecule is O=C(O)c1sc(C(=O)O)c(-c2ccc(OC(F)(F)F)cc2)c1-c1ccc(OC(F)(F)F)cc1. The van der Waals surface area contributed by atoms with Crippen LogP contribution in [0.1, 0.15) is 19.3 Å². The largest absolute Gasteiger partial charge is 0.573 e. The molecule has 3 rings (SSSR count). The van der Waals surface area contributed by atoms with Crippen LogP contribution in [0.2, 0.25) is 0 Å². The van der Waals surface area contributed by atoms with Crippen molar-refractivity contribution < 1.29 is 55.6 Å². The van der Waals surface area contributed by atoms with E-state index in [2.05, 4.69) is 9.47 Å². The number of rotatable bonds is 6. The van der Waals surface area contributed by atoms with Gasteiger partial charge in [-0.25, -0.2) is 9.59 Å². The number of thiophene rings is 1. The van der Waals surface area contributed by atoms with Gasteiger partial charge in [0.25, 0.3) is 0 Å². The Labute approximate surface area is 184 Å². The maximum atomic E-state index is 12.4. The number of hydrogen-bond acceptors (Lipinski definition) is 5. The van der Waals surface area contributed by atoms with Gasteiger partial charge in [0.15, 0.2) is 0 Å². The van der Waals surface area contributed by atoms with Gasteiger partial charge < -0.3 is 19.7 Å². The predicted octanol–water partition coefficient (Wildman–Crippen LogP) is 6.28. The van der Waals surface area contributed by atoms with Gasteiger partial charge in [0.1, 0.15) is 21.3 Å². The van der Waals surface area contributed by atoms with Crippen LogP contribution in [0.25, 0.3) is 22.3 Å². The van der Waals surface area contributed by atoms with Crippen LogP contribution in [0, 0.1) is 0 Å². The maximum Gasteiger partial charge on any atom is 0.573 e. The minimum atomic E-state index is -4.96. The minimum absolute atomic E-state index is 0.0521. The summed E-state index contributed by atoms with van der Waals surface area (Å²) in [5.74, 6) is -4.19. The second-order valence-corrected chi connectivity index (χ2v) is 7.29. The van der Waals surface area contributed by atoms with Gasteiger partial charge in [0.2, 0.25) is 0 Å². The molecule has 2 aromatic carbocycles. The highest BCUT2D eigenvalue weighted by atomic mass is 32.1. The molecule has 0 unspecified atom stereocenters. The smallest absolute Gasteiger partial charge is 0.477 e. The second-order valence-electron chi connectivity index (χ2n) is 6.26. The predicted molar refractivity (Wildman–Crippen MR) is 102 cm³/mol. The number of aromatic carboxylic acids is 2. The van der Waals surface area contributed by atoms with Crippen LogP contribution in [0.4, 0.5) is 26.3 Å². The van der Waals surface area contributed by atoms with E-state index in [1.807, 2.05) is 0 Å². The van der Waals surface area contributed by atoms with Crippen molar-refractivity contribution in [3.05, 3.63) is 58.3 Å². The average molecular weight is 492 g/mol. The first-order chi connectivity index (χ1) is 15.2. The summed E-state index contributed by atoms with van der Waals surface area (Å²) in [7, 11) is 0. The number of carbonyl (C=O) groups is 2. The highest BCUT2D eigenvalue weighted by Gasteiger charge is 2.33. The van der Waals surface area contributed by atoms with Crippen LogP contribution < -0.4 is 9.47 Å². The van der Waals surface area contributed by atoms with Gasteiger partial charge in [0.05, 0.1) is 0 Å². The highest BCUT2D eigenvalue weighted by molar-refractivity contribution is 7.17. The molecule has 0 amide bonds. The Kier molecular flexibility index (Phi) is 6.27. The second kappa shape index (κ2) is 8.65. The first-order valence-corrected chi connectivity index (χ1v) is 9.42. The quantitative estimate of drug-likeness (QED) is 0.394. The van der Waals surface area contributed by atoms with Crippen molar-refractivity contribution in [1.82, 2.24) is 0 Å². The van der Waals surface area contributed by atoms with E-state index in [0.29, 0.717) is 11.3 Å². The lowest BCUT2D eigenvalue weighted by Crippen LogP contribution is -2.17. The van der Waals surface area contributed by atoms with Crippen LogP contribution in [-0.2, 0) is 0 Å². The van der Waals surface area contributed by atoms with Gasteiger partial charge in [-0.3, -0.25) is 0 Å². The van der Waals surface area contributed by atoms with E-state index >= 15 is 0 Å². The summed E-state index contributed by atoms with van der Waals surface area (Å²) >= 11 is 0.399. The molecule has 0 atom stereocenters. The Balaban J connectivity index is 2.16. The van der Waals surface area contributed by atoms with Gasteiger partial charge in [-0.05, 0) is 35.4 Å². The number of ether oxygens (including phenoxy) is 2. The van der Waals surface area contributed by atoms with Crippen molar-refractivity contribution in [2.45, 2.75) is 12.7 Å². The third-order valence-corrected chi connectivity index (χ3v) is 5.22. The van der Waals surface area contributed by atoms with Gasteiger partial charge in [-0.1, -0.05) is 24.3 Å². The number of carboxylic acid groups (broad SMARTS) is 2. The van der Waals surface area contributed by atoms with Crippen molar-refractivity contribution in [2.75, 3.05) is 0 Å². The van der Waals surface area contributed by atoms with Crippen LogP contribution >= 0.6 is 11.3 Å². The molecule has 174 valence electrons. The summed E-state index contributed by atoms with van der Waals surface area (Å²) in [5, 5.41) is 19.1. The van der Waals surface area contributed by atoms with Crippen LogP contribution in [-0.4, -0.2) is 34.9 Å². The van der Waals surface area contributed by atoms with E-state index in [0.717, 1.165) is 48.5 Å². The molecule has 33 heavy (non-hydrogen) atoms. The van der Waals surface area contributed by atoms with E-state index in [4.69, 9.17) is 0 Å². The van der Waals surface area contributed by atoms with Crippen LogP contribution in [0.15, 0.2) is 48.5 Å². The first-order valence-electron chi connectivity index (χ1n) is 8.61. The van der Waals surface area contributed by atoms with Gasteiger partial charge in [-0.15, -0.1) is 37.7 Å². The molecule has 0 saturated heterocycles. The lowest BCUT2D eigenvalue weighted by molar-refractivity contribution is -0.275. The minimum Gasteiger partial charge on any atom is -0.477 e. The van der Waals surface area contributed by atoms with E-state index in [-0.39, 0.29) is 22.3 Å². The molecule has 0 spiro atoms.